The maximum atomic E-state index is 12.1. The van der Waals surface area contributed by atoms with Crippen molar-refractivity contribution in [2.45, 2.75) is 25.3 Å². The van der Waals surface area contributed by atoms with E-state index in [0.717, 1.165) is 23.4 Å². The van der Waals surface area contributed by atoms with E-state index in [0.29, 0.717) is 10.6 Å². The molecule has 0 fully saturated rings. The maximum absolute atomic E-state index is 12.1. The summed E-state index contributed by atoms with van der Waals surface area (Å²) in [5, 5.41) is 7.06. The smallest absolute Gasteiger partial charge is 0.251 e. The van der Waals surface area contributed by atoms with E-state index in [9.17, 15) is 9.59 Å². The lowest BCUT2D eigenvalue weighted by Crippen LogP contribution is -2.32. The average molecular weight is 377 g/mol. The third-order valence-electron chi connectivity index (χ3n) is 4.26. The van der Waals surface area contributed by atoms with Gasteiger partial charge in [0, 0.05) is 28.6 Å². The highest BCUT2D eigenvalue weighted by Crippen LogP contribution is 2.32. The lowest BCUT2D eigenvalue weighted by atomic mass is 10.1. The SMILES string of the molecule is O=C(CCNC(=O)c1ccc(Cl)cc1)NC1CCc2cc(Cl)ccc21. The molecule has 2 aromatic carbocycles. The molecule has 4 nitrogen and oxygen atoms in total. The van der Waals surface area contributed by atoms with Crippen LogP contribution in [0.4, 0.5) is 0 Å². The Morgan fingerprint density at radius 1 is 1.04 bits per heavy atom. The second-order valence-electron chi connectivity index (χ2n) is 6.01. The number of aryl methyl sites for hydroxylation is 1. The number of amides is 2. The lowest BCUT2D eigenvalue weighted by Gasteiger charge is -2.14. The molecule has 2 N–H and O–H groups in total. The molecule has 0 bridgehead atoms. The molecule has 0 aromatic heterocycles. The van der Waals surface area contributed by atoms with Crippen LogP contribution in [0.15, 0.2) is 42.5 Å². The summed E-state index contributed by atoms with van der Waals surface area (Å²) in [7, 11) is 0. The number of nitrogens with one attached hydrogen (secondary N) is 2. The van der Waals surface area contributed by atoms with E-state index < -0.39 is 0 Å². The normalized spacial score (nSPS) is 15.5. The Labute approximate surface area is 156 Å². The van der Waals surface area contributed by atoms with Crippen molar-refractivity contribution in [2.24, 2.45) is 0 Å². The highest BCUT2D eigenvalue weighted by Gasteiger charge is 2.23. The number of halogens is 2. The number of hydrogen-bond acceptors (Lipinski definition) is 2. The summed E-state index contributed by atoms with van der Waals surface area (Å²) in [4.78, 5) is 24.1. The van der Waals surface area contributed by atoms with Crippen molar-refractivity contribution in [1.29, 1.82) is 0 Å². The van der Waals surface area contributed by atoms with Crippen LogP contribution in [-0.2, 0) is 11.2 Å². The molecule has 0 heterocycles. The summed E-state index contributed by atoms with van der Waals surface area (Å²) in [6, 6.07) is 12.4. The molecule has 1 atom stereocenters. The molecule has 1 unspecified atom stereocenters. The lowest BCUT2D eigenvalue weighted by molar-refractivity contribution is -0.121. The fourth-order valence-electron chi connectivity index (χ4n) is 3.00. The third-order valence-corrected chi connectivity index (χ3v) is 4.75. The molecule has 0 radical (unpaired) electrons. The Kier molecular flexibility index (Phi) is 5.61. The van der Waals surface area contributed by atoms with E-state index in [1.165, 1.54) is 5.56 Å². The summed E-state index contributed by atoms with van der Waals surface area (Å²) in [6.45, 7) is 0.285. The highest BCUT2D eigenvalue weighted by atomic mass is 35.5. The first-order valence-corrected chi connectivity index (χ1v) is 8.90. The van der Waals surface area contributed by atoms with E-state index in [-0.39, 0.29) is 30.8 Å². The van der Waals surface area contributed by atoms with Gasteiger partial charge in [0.2, 0.25) is 5.91 Å². The minimum absolute atomic E-state index is 0.0201. The van der Waals surface area contributed by atoms with Gasteiger partial charge >= 0.3 is 0 Å². The zero-order valence-electron chi connectivity index (χ0n) is 13.5. The van der Waals surface area contributed by atoms with E-state index in [1.807, 2.05) is 18.2 Å². The Morgan fingerprint density at radius 3 is 2.52 bits per heavy atom. The Morgan fingerprint density at radius 2 is 1.76 bits per heavy atom. The van der Waals surface area contributed by atoms with Gasteiger partial charge in [-0.1, -0.05) is 29.3 Å². The van der Waals surface area contributed by atoms with Crippen LogP contribution in [0.3, 0.4) is 0 Å². The molecule has 3 rings (SSSR count). The van der Waals surface area contributed by atoms with Crippen molar-refractivity contribution in [2.75, 3.05) is 6.54 Å². The van der Waals surface area contributed by atoms with Gasteiger partial charge in [-0.15, -0.1) is 0 Å². The Bertz CT molecular complexity index is 791. The number of hydrogen-bond donors (Lipinski definition) is 2. The molecular formula is C19H18Cl2N2O2. The number of fused-ring (bicyclic) bond motifs is 1. The van der Waals surface area contributed by atoms with E-state index >= 15 is 0 Å². The molecule has 6 heteroatoms. The van der Waals surface area contributed by atoms with Crippen molar-refractivity contribution >= 4 is 35.0 Å². The number of carbonyl (C=O) groups is 2. The second-order valence-corrected chi connectivity index (χ2v) is 6.89. The zero-order chi connectivity index (χ0) is 17.8. The first-order valence-electron chi connectivity index (χ1n) is 8.14. The van der Waals surface area contributed by atoms with Gasteiger partial charge in [-0.2, -0.15) is 0 Å². The predicted molar refractivity (Wildman–Crippen MR) is 99.1 cm³/mol. The molecule has 1 aliphatic carbocycles. The highest BCUT2D eigenvalue weighted by molar-refractivity contribution is 6.31. The minimum atomic E-state index is -0.217. The summed E-state index contributed by atoms with van der Waals surface area (Å²) in [5.74, 6) is -0.297. The van der Waals surface area contributed by atoms with Crippen LogP contribution in [0.5, 0.6) is 0 Å². The summed E-state index contributed by atoms with van der Waals surface area (Å²) in [5.41, 5.74) is 2.84. The topological polar surface area (TPSA) is 58.2 Å². The van der Waals surface area contributed by atoms with Gasteiger partial charge in [0.05, 0.1) is 6.04 Å². The van der Waals surface area contributed by atoms with Crippen LogP contribution >= 0.6 is 23.2 Å². The second kappa shape index (κ2) is 7.89. The number of carbonyl (C=O) groups excluding carboxylic acids is 2. The molecule has 0 spiro atoms. The van der Waals surface area contributed by atoms with E-state index in [2.05, 4.69) is 10.6 Å². The van der Waals surface area contributed by atoms with E-state index in [1.54, 1.807) is 24.3 Å². The average Bonchev–Trinajstić information content (AvgIpc) is 2.97. The first-order chi connectivity index (χ1) is 12.0. The van der Waals surface area contributed by atoms with Crippen LogP contribution in [-0.4, -0.2) is 18.4 Å². The first kappa shape index (κ1) is 17.8. The predicted octanol–water partition coefficient (Wildman–Crippen LogP) is 3.92. The zero-order valence-corrected chi connectivity index (χ0v) is 15.0. The molecule has 0 saturated heterocycles. The van der Waals surface area contributed by atoms with Gasteiger partial charge in [-0.05, 0) is 60.4 Å². The molecule has 0 aliphatic heterocycles. The largest absolute Gasteiger partial charge is 0.352 e. The molecule has 2 aromatic rings. The molecule has 130 valence electrons. The van der Waals surface area contributed by atoms with Crippen LogP contribution in [0, 0.1) is 0 Å². The number of benzene rings is 2. The Balaban J connectivity index is 1.46. The standard InChI is InChI=1S/C19H18Cl2N2O2/c20-14-4-1-12(2-5-14)19(25)22-10-9-18(24)23-17-8-3-13-11-15(21)6-7-16(13)17/h1-2,4-7,11,17H,3,8-10H2,(H,22,25)(H,23,24). The quantitative estimate of drug-likeness (QED) is 0.830. The monoisotopic (exact) mass is 376 g/mol. The molecule has 0 saturated carbocycles. The van der Waals surface area contributed by atoms with Crippen LogP contribution < -0.4 is 10.6 Å². The van der Waals surface area contributed by atoms with Gasteiger partial charge in [-0.3, -0.25) is 9.59 Å². The van der Waals surface area contributed by atoms with Crippen LogP contribution in [0.1, 0.15) is 40.4 Å². The Hall–Kier alpha value is -2.04. The third kappa shape index (κ3) is 4.53. The minimum Gasteiger partial charge on any atom is -0.352 e. The van der Waals surface area contributed by atoms with Crippen LogP contribution in [0.2, 0.25) is 10.0 Å². The maximum Gasteiger partial charge on any atom is 0.251 e. The van der Waals surface area contributed by atoms with E-state index in [4.69, 9.17) is 23.2 Å². The molecule has 1 aliphatic rings. The van der Waals surface area contributed by atoms with Gasteiger partial charge in [0.15, 0.2) is 0 Å². The fraction of sp³-hybridized carbons (Fsp3) is 0.263. The van der Waals surface area contributed by atoms with Gasteiger partial charge < -0.3 is 10.6 Å². The summed E-state index contributed by atoms with van der Waals surface area (Å²) in [6.07, 6.45) is 2.02. The molecular weight excluding hydrogens is 359 g/mol. The van der Waals surface area contributed by atoms with Gasteiger partial charge in [0.25, 0.3) is 5.91 Å². The van der Waals surface area contributed by atoms with Crippen molar-refractivity contribution in [3.05, 3.63) is 69.2 Å². The number of rotatable bonds is 5. The van der Waals surface area contributed by atoms with Crippen molar-refractivity contribution < 1.29 is 9.59 Å². The molecule has 2 amide bonds. The van der Waals surface area contributed by atoms with Gasteiger partial charge in [0.1, 0.15) is 0 Å². The van der Waals surface area contributed by atoms with Gasteiger partial charge in [-0.25, -0.2) is 0 Å². The van der Waals surface area contributed by atoms with Crippen molar-refractivity contribution in [3.63, 3.8) is 0 Å². The summed E-state index contributed by atoms with van der Waals surface area (Å²) >= 11 is 11.8. The fourth-order valence-corrected chi connectivity index (χ4v) is 3.32. The van der Waals surface area contributed by atoms with Crippen LogP contribution in [0.25, 0.3) is 0 Å². The van der Waals surface area contributed by atoms with Crippen molar-refractivity contribution in [3.8, 4) is 0 Å². The van der Waals surface area contributed by atoms with Crippen molar-refractivity contribution in [1.82, 2.24) is 10.6 Å². The summed E-state index contributed by atoms with van der Waals surface area (Å²) < 4.78 is 0. The molecule has 25 heavy (non-hydrogen) atoms.